The molecule has 0 saturated carbocycles. The number of rotatable bonds is 4. The van der Waals surface area contributed by atoms with E-state index in [-0.39, 0.29) is 5.91 Å². The van der Waals surface area contributed by atoms with Crippen molar-refractivity contribution in [2.24, 2.45) is 0 Å². The fraction of sp³-hybridized carbons (Fsp3) is 0.261. The third kappa shape index (κ3) is 4.14. The maximum atomic E-state index is 13.0. The number of carbonyl (C=O) groups excluding carboxylic acids is 1. The van der Waals surface area contributed by atoms with Gasteiger partial charge >= 0.3 is 0 Å². The minimum atomic E-state index is 0.0720. The van der Waals surface area contributed by atoms with Gasteiger partial charge in [-0.15, -0.1) is 11.3 Å². The fourth-order valence-electron chi connectivity index (χ4n) is 3.61. The topological polar surface area (TPSA) is 24.8 Å². The molecule has 1 fully saturated rings. The number of nitrogens with one attached hydrogen (secondary N) is 1. The second-order valence-corrected chi connectivity index (χ2v) is 8.73. The minimum Gasteiger partial charge on any atom is -0.329 e. The van der Waals surface area contributed by atoms with Crippen molar-refractivity contribution in [1.29, 1.82) is 0 Å². The van der Waals surface area contributed by atoms with E-state index in [1.165, 1.54) is 27.4 Å². The van der Waals surface area contributed by atoms with Gasteiger partial charge in [-0.05, 0) is 30.2 Å². The number of hydrogen-bond donors (Lipinski definition) is 1. The number of quaternary nitrogens is 1. The number of benzene rings is 2. The predicted molar refractivity (Wildman–Crippen MR) is 119 cm³/mol. The molecule has 4 rings (SSSR count). The Balaban J connectivity index is 1.36. The van der Waals surface area contributed by atoms with Crippen LogP contribution in [0.4, 0.5) is 0 Å². The molecule has 0 aliphatic carbocycles. The smallest absolute Gasteiger partial charge is 0.265 e. The summed E-state index contributed by atoms with van der Waals surface area (Å²) >= 11 is 8.04. The molecule has 0 atom stereocenters. The lowest BCUT2D eigenvalue weighted by Gasteiger charge is -2.31. The molecule has 3 nitrogen and oxygen atoms in total. The number of nitrogens with zero attached hydrogens (tertiary/aromatic N) is 1. The summed E-state index contributed by atoms with van der Waals surface area (Å²) in [4.78, 5) is 17.1. The van der Waals surface area contributed by atoms with Crippen LogP contribution >= 0.6 is 22.9 Å². The van der Waals surface area contributed by atoms with E-state index in [1.807, 2.05) is 23.1 Å². The molecular weight excluding hydrogens is 388 g/mol. The Morgan fingerprint density at radius 3 is 2.68 bits per heavy atom. The molecule has 1 N–H and O–H groups in total. The maximum Gasteiger partial charge on any atom is 0.265 e. The summed E-state index contributed by atoms with van der Waals surface area (Å²) in [7, 11) is 0. The number of amides is 1. The van der Waals surface area contributed by atoms with Gasteiger partial charge in [0.25, 0.3) is 5.91 Å². The monoisotopic (exact) mass is 411 g/mol. The van der Waals surface area contributed by atoms with Gasteiger partial charge in [-0.1, -0.05) is 60.1 Å². The molecule has 3 aromatic rings. The fourth-order valence-corrected chi connectivity index (χ4v) is 5.19. The molecule has 0 radical (unpaired) electrons. The first-order valence-electron chi connectivity index (χ1n) is 9.65. The molecule has 0 bridgehead atoms. The molecule has 144 valence electrons. The number of fused-ring (bicyclic) bond motifs is 1. The molecule has 28 heavy (non-hydrogen) atoms. The molecule has 1 aromatic heterocycles. The van der Waals surface area contributed by atoms with Crippen LogP contribution in [0.3, 0.4) is 0 Å². The van der Waals surface area contributed by atoms with E-state index in [9.17, 15) is 4.79 Å². The zero-order chi connectivity index (χ0) is 19.5. The molecule has 2 aromatic carbocycles. The van der Waals surface area contributed by atoms with Crippen molar-refractivity contribution < 1.29 is 9.69 Å². The average Bonchev–Trinajstić information content (AvgIpc) is 3.04. The lowest BCUT2D eigenvalue weighted by Crippen LogP contribution is -3.14. The lowest BCUT2D eigenvalue weighted by atomic mass is 10.2. The van der Waals surface area contributed by atoms with Gasteiger partial charge in [0.15, 0.2) is 0 Å². The maximum absolute atomic E-state index is 13.0. The molecule has 0 unspecified atom stereocenters. The van der Waals surface area contributed by atoms with Crippen LogP contribution in [0.1, 0.15) is 20.8 Å². The van der Waals surface area contributed by atoms with E-state index in [0.29, 0.717) is 9.90 Å². The van der Waals surface area contributed by atoms with Gasteiger partial charge in [0.05, 0.1) is 37.7 Å². The van der Waals surface area contributed by atoms with Crippen LogP contribution in [0.15, 0.2) is 54.6 Å². The molecular formula is C23H24ClN2OS+. The first-order valence-corrected chi connectivity index (χ1v) is 10.8. The molecule has 1 saturated heterocycles. The van der Waals surface area contributed by atoms with E-state index < -0.39 is 0 Å². The van der Waals surface area contributed by atoms with Crippen molar-refractivity contribution in [2.75, 3.05) is 32.7 Å². The standard InChI is InChI=1S/C23H23ClN2OS/c1-17-9-10-19-20(16-17)28-22(21(19)24)23(27)26-14-12-25(13-15-26)11-5-8-18-6-3-2-4-7-18/h2-10,16H,11-15H2,1H3/p+1. The first-order chi connectivity index (χ1) is 13.6. The number of piperazine rings is 1. The van der Waals surface area contributed by atoms with Gasteiger partial charge in [0.1, 0.15) is 4.88 Å². The van der Waals surface area contributed by atoms with Gasteiger partial charge < -0.3 is 9.80 Å². The molecule has 1 aliphatic rings. The Morgan fingerprint density at radius 2 is 1.93 bits per heavy atom. The number of thiophene rings is 1. The quantitative estimate of drug-likeness (QED) is 0.691. The first kappa shape index (κ1) is 19.2. The Morgan fingerprint density at radius 1 is 1.18 bits per heavy atom. The van der Waals surface area contributed by atoms with Crippen molar-refractivity contribution in [3.63, 3.8) is 0 Å². The predicted octanol–water partition coefficient (Wildman–Crippen LogP) is 3.92. The zero-order valence-corrected chi connectivity index (χ0v) is 17.5. The van der Waals surface area contributed by atoms with Crippen molar-refractivity contribution in [3.8, 4) is 0 Å². The third-order valence-electron chi connectivity index (χ3n) is 5.25. The van der Waals surface area contributed by atoms with Crippen LogP contribution in [-0.2, 0) is 0 Å². The SMILES string of the molecule is Cc1ccc2c(Cl)c(C(=O)N3CC[NH+](CC=Cc4ccccc4)CC3)sc2c1. The van der Waals surface area contributed by atoms with Gasteiger partial charge in [0, 0.05) is 10.1 Å². The van der Waals surface area contributed by atoms with E-state index in [4.69, 9.17) is 11.6 Å². The second-order valence-electron chi connectivity index (χ2n) is 7.30. The van der Waals surface area contributed by atoms with Gasteiger partial charge in [-0.3, -0.25) is 4.79 Å². The number of hydrogen-bond acceptors (Lipinski definition) is 2. The normalized spacial score (nSPS) is 15.6. The van der Waals surface area contributed by atoms with Crippen LogP contribution in [0, 0.1) is 6.92 Å². The summed E-state index contributed by atoms with van der Waals surface area (Å²) in [5.74, 6) is 0.0720. The number of aryl methyl sites for hydroxylation is 1. The molecule has 2 heterocycles. The Hall–Kier alpha value is -2.14. The Labute approximate surface area is 174 Å². The van der Waals surface area contributed by atoms with E-state index in [1.54, 1.807) is 0 Å². The van der Waals surface area contributed by atoms with Crippen molar-refractivity contribution in [3.05, 3.63) is 75.6 Å². The van der Waals surface area contributed by atoms with Crippen LogP contribution in [-0.4, -0.2) is 43.5 Å². The second kappa shape index (κ2) is 8.48. The number of carbonyl (C=O) groups is 1. The summed E-state index contributed by atoms with van der Waals surface area (Å²) in [6, 6.07) is 16.5. The van der Waals surface area contributed by atoms with Gasteiger partial charge in [-0.2, -0.15) is 0 Å². The average molecular weight is 412 g/mol. The van der Waals surface area contributed by atoms with Gasteiger partial charge in [-0.25, -0.2) is 0 Å². The molecule has 0 spiro atoms. The molecule has 1 aliphatic heterocycles. The highest BCUT2D eigenvalue weighted by Gasteiger charge is 2.27. The highest BCUT2D eigenvalue weighted by molar-refractivity contribution is 7.21. The Kier molecular flexibility index (Phi) is 5.81. The number of halogens is 1. The summed E-state index contributed by atoms with van der Waals surface area (Å²) < 4.78 is 1.09. The van der Waals surface area contributed by atoms with Crippen molar-refractivity contribution >= 4 is 45.0 Å². The van der Waals surface area contributed by atoms with Crippen LogP contribution < -0.4 is 4.90 Å². The highest BCUT2D eigenvalue weighted by atomic mass is 35.5. The van der Waals surface area contributed by atoms with Crippen molar-refractivity contribution in [2.45, 2.75) is 6.92 Å². The lowest BCUT2D eigenvalue weighted by molar-refractivity contribution is -0.898. The summed E-state index contributed by atoms with van der Waals surface area (Å²) in [5.41, 5.74) is 2.41. The molecule has 1 amide bonds. The third-order valence-corrected chi connectivity index (χ3v) is 6.90. The summed E-state index contributed by atoms with van der Waals surface area (Å²) in [6.45, 7) is 6.52. The van der Waals surface area contributed by atoms with E-state index >= 15 is 0 Å². The van der Waals surface area contributed by atoms with Crippen LogP contribution in [0.25, 0.3) is 16.2 Å². The highest BCUT2D eigenvalue weighted by Crippen LogP contribution is 2.36. The largest absolute Gasteiger partial charge is 0.329 e. The minimum absolute atomic E-state index is 0.0720. The van der Waals surface area contributed by atoms with Crippen LogP contribution in [0.2, 0.25) is 5.02 Å². The summed E-state index contributed by atoms with van der Waals surface area (Å²) in [5, 5.41) is 1.58. The van der Waals surface area contributed by atoms with E-state index in [0.717, 1.165) is 42.8 Å². The van der Waals surface area contributed by atoms with Gasteiger partial charge in [0.2, 0.25) is 0 Å². The van der Waals surface area contributed by atoms with Crippen molar-refractivity contribution in [1.82, 2.24) is 4.90 Å². The van der Waals surface area contributed by atoms with E-state index in [2.05, 4.69) is 49.4 Å². The molecule has 5 heteroatoms. The Bertz CT molecular complexity index is 1000. The summed E-state index contributed by atoms with van der Waals surface area (Å²) in [6.07, 6.45) is 4.40. The van der Waals surface area contributed by atoms with Crippen LogP contribution in [0.5, 0.6) is 0 Å². The zero-order valence-electron chi connectivity index (χ0n) is 16.0.